The van der Waals surface area contributed by atoms with Crippen LogP contribution in [0.5, 0.6) is 17.4 Å². The van der Waals surface area contributed by atoms with Gasteiger partial charge in [-0.25, -0.2) is 4.98 Å². The van der Waals surface area contributed by atoms with Gasteiger partial charge in [0.05, 0.1) is 5.56 Å². The van der Waals surface area contributed by atoms with Crippen LogP contribution in [0.1, 0.15) is 26.3 Å². The van der Waals surface area contributed by atoms with Crippen molar-refractivity contribution in [3.8, 4) is 17.4 Å². The number of halogens is 3. The summed E-state index contributed by atoms with van der Waals surface area (Å²) < 4.78 is 48.7. The van der Waals surface area contributed by atoms with E-state index in [1.807, 2.05) is 0 Å². The molecular weight excluding hydrogens is 399 g/mol. The predicted molar refractivity (Wildman–Crippen MR) is 107 cm³/mol. The maximum Gasteiger partial charge on any atom is 0.417 e. The topological polar surface area (TPSA) is 63.7 Å². The summed E-state index contributed by atoms with van der Waals surface area (Å²) in [6, 6.07) is 8.44. The number of amides is 1. The number of carbonyl (C=O) groups is 1. The van der Waals surface area contributed by atoms with Crippen LogP contribution in [0.25, 0.3) is 0 Å². The quantitative estimate of drug-likeness (QED) is 0.621. The number of benzene rings is 1. The molecule has 0 saturated carbocycles. The molecule has 1 heterocycles. The molecule has 2 aromatic rings. The summed E-state index contributed by atoms with van der Waals surface area (Å²) in [6.07, 6.45) is -4.41. The SMILES string of the molecule is CCN(CC)CCNC(=O)C(C)Oc1ccc(Oc2ccc(C(F)(F)F)cn2)cc1. The smallest absolute Gasteiger partial charge is 0.417 e. The first-order valence-corrected chi connectivity index (χ1v) is 9.70. The van der Waals surface area contributed by atoms with Crippen LogP contribution in [0.2, 0.25) is 0 Å². The average molecular weight is 425 g/mol. The molecule has 6 nitrogen and oxygen atoms in total. The Labute approximate surface area is 174 Å². The standard InChI is InChI=1S/C21H26F3N3O3/c1-4-27(5-2)13-12-25-20(28)15(3)29-17-7-9-18(10-8-17)30-19-11-6-16(14-26-19)21(22,23)24/h6-11,14-15H,4-5,12-13H2,1-3H3,(H,25,28). The van der Waals surface area contributed by atoms with Gasteiger partial charge in [-0.3, -0.25) is 4.79 Å². The largest absolute Gasteiger partial charge is 0.481 e. The highest BCUT2D eigenvalue weighted by Crippen LogP contribution is 2.30. The number of ether oxygens (including phenoxy) is 2. The van der Waals surface area contributed by atoms with Crippen LogP contribution in [0.15, 0.2) is 42.6 Å². The summed E-state index contributed by atoms with van der Waals surface area (Å²) in [6.45, 7) is 8.96. The minimum Gasteiger partial charge on any atom is -0.481 e. The van der Waals surface area contributed by atoms with Crippen LogP contribution in [-0.4, -0.2) is 48.1 Å². The normalized spacial score (nSPS) is 12.5. The van der Waals surface area contributed by atoms with Crippen molar-refractivity contribution in [2.75, 3.05) is 26.2 Å². The van der Waals surface area contributed by atoms with Crippen molar-refractivity contribution < 1.29 is 27.4 Å². The first-order valence-electron chi connectivity index (χ1n) is 9.70. The van der Waals surface area contributed by atoms with Crippen molar-refractivity contribution in [2.45, 2.75) is 33.1 Å². The summed E-state index contributed by atoms with van der Waals surface area (Å²) >= 11 is 0. The molecule has 1 atom stereocenters. The molecule has 30 heavy (non-hydrogen) atoms. The van der Waals surface area contributed by atoms with E-state index in [1.54, 1.807) is 31.2 Å². The molecule has 0 spiro atoms. The Balaban J connectivity index is 1.84. The highest BCUT2D eigenvalue weighted by atomic mass is 19.4. The number of rotatable bonds is 10. The summed E-state index contributed by atoms with van der Waals surface area (Å²) in [5.74, 6) is 0.675. The molecule has 0 aliphatic heterocycles. The molecule has 1 aromatic heterocycles. The van der Waals surface area contributed by atoms with E-state index in [-0.39, 0.29) is 11.8 Å². The zero-order chi connectivity index (χ0) is 22.1. The van der Waals surface area contributed by atoms with E-state index in [0.717, 1.165) is 31.8 Å². The molecule has 1 aromatic carbocycles. The lowest BCUT2D eigenvalue weighted by atomic mass is 10.3. The van der Waals surface area contributed by atoms with E-state index < -0.39 is 17.8 Å². The van der Waals surface area contributed by atoms with Crippen LogP contribution in [0, 0.1) is 0 Å². The minimum absolute atomic E-state index is 0.0395. The zero-order valence-electron chi connectivity index (χ0n) is 17.2. The van der Waals surface area contributed by atoms with Crippen molar-refractivity contribution in [3.63, 3.8) is 0 Å². The molecule has 1 N–H and O–H groups in total. The van der Waals surface area contributed by atoms with Gasteiger partial charge < -0.3 is 19.7 Å². The number of aromatic nitrogens is 1. The molecule has 0 radical (unpaired) electrons. The third-order valence-electron chi connectivity index (χ3n) is 4.41. The van der Waals surface area contributed by atoms with Gasteiger partial charge in [-0.05, 0) is 50.3 Å². The molecule has 9 heteroatoms. The second-order valence-electron chi connectivity index (χ2n) is 6.53. The van der Waals surface area contributed by atoms with Gasteiger partial charge in [0, 0.05) is 25.4 Å². The van der Waals surface area contributed by atoms with Crippen LogP contribution in [-0.2, 0) is 11.0 Å². The van der Waals surface area contributed by atoms with Gasteiger partial charge in [0.1, 0.15) is 11.5 Å². The molecule has 0 aliphatic carbocycles. The Morgan fingerprint density at radius 2 is 1.73 bits per heavy atom. The van der Waals surface area contributed by atoms with E-state index in [0.29, 0.717) is 24.2 Å². The van der Waals surface area contributed by atoms with Gasteiger partial charge in [0.25, 0.3) is 5.91 Å². The predicted octanol–water partition coefficient (Wildman–Crippen LogP) is 4.12. The first-order chi connectivity index (χ1) is 14.2. The van der Waals surface area contributed by atoms with Crippen molar-refractivity contribution in [1.29, 1.82) is 0 Å². The number of likely N-dealkylation sites (N-methyl/N-ethyl adjacent to an activating group) is 1. The molecule has 0 bridgehead atoms. The summed E-state index contributed by atoms with van der Waals surface area (Å²) in [5.41, 5.74) is -0.844. The van der Waals surface area contributed by atoms with Gasteiger partial charge in [0.2, 0.25) is 5.88 Å². The fourth-order valence-corrected chi connectivity index (χ4v) is 2.59. The number of hydrogen-bond acceptors (Lipinski definition) is 5. The van der Waals surface area contributed by atoms with Crippen LogP contribution in [0.4, 0.5) is 13.2 Å². The number of nitrogens with zero attached hydrogens (tertiary/aromatic N) is 2. The third-order valence-corrected chi connectivity index (χ3v) is 4.41. The van der Waals surface area contributed by atoms with E-state index in [4.69, 9.17) is 9.47 Å². The second kappa shape index (κ2) is 10.8. The summed E-state index contributed by atoms with van der Waals surface area (Å²) in [7, 11) is 0. The average Bonchev–Trinajstić information content (AvgIpc) is 2.72. The number of pyridine rings is 1. The van der Waals surface area contributed by atoms with Crippen molar-refractivity contribution in [1.82, 2.24) is 15.2 Å². The van der Waals surface area contributed by atoms with Crippen molar-refractivity contribution in [2.24, 2.45) is 0 Å². The van der Waals surface area contributed by atoms with Gasteiger partial charge in [-0.2, -0.15) is 13.2 Å². The number of carbonyl (C=O) groups excluding carboxylic acids is 1. The molecule has 0 aliphatic rings. The van der Waals surface area contributed by atoms with Crippen LogP contribution in [0.3, 0.4) is 0 Å². The van der Waals surface area contributed by atoms with Gasteiger partial charge in [-0.15, -0.1) is 0 Å². The zero-order valence-corrected chi connectivity index (χ0v) is 17.2. The lowest BCUT2D eigenvalue weighted by Gasteiger charge is -2.19. The van der Waals surface area contributed by atoms with Gasteiger partial charge in [-0.1, -0.05) is 13.8 Å². The third kappa shape index (κ3) is 7.22. The monoisotopic (exact) mass is 425 g/mol. The van der Waals surface area contributed by atoms with Gasteiger partial charge in [0.15, 0.2) is 6.10 Å². The highest BCUT2D eigenvalue weighted by Gasteiger charge is 2.30. The highest BCUT2D eigenvalue weighted by molar-refractivity contribution is 5.80. The molecular formula is C21H26F3N3O3. The second-order valence-corrected chi connectivity index (χ2v) is 6.53. The van der Waals surface area contributed by atoms with Crippen molar-refractivity contribution in [3.05, 3.63) is 48.2 Å². The van der Waals surface area contributed by atoms with E-state index in [1.165, 1.54) is 0 Å². The summed E-state index contributed by atoms with van der Waals surface area (Å²) in [5, 5.41) is 2.84. The summed E-state index contributed by atoms with van der Waals surface area (Å²) in [4.78, 5) is 18.0. The molecule has 1 amide bonds. The van der Waals surface area contributed by atoms with Crippen molar-refractivity contribution >= 4 is 5.91 Å². The lowest BCUT2D eigenvalue weighted by molar-refractivity contribution is -0.137. The Kier molecular flexibility index (Phi) is 8.46. The number of alkyl halides is 3. The molecule has 1 unspecified atom stereocenters. The van der Waals surface area contributed by atoms with Gasteiger partial charge >= 0.3 is 6.18 Å². The first kappa shape index (κ1) is 23.5. The molecule has 0 fully saturated rings. The molecule has 2 rings (SSSR count). The van der Waals surface area contributed by atoms with E-state index in [9.17, 15) is 18.0 Å². The maximum absolute atomic E-state index is 12.6. The Morgan fingerprint density at radius 3 is 2.27 bits per heavy atom. The molecule has 0 saturated heterocycles. The fourth-order valence-electron chi connectivity index (χ4n) is 2.59. The number of nitrogens with one attached hydrogen (secondary N) is 1. The fraction of sp³-hybridized carbons (Fsp3) is 0.429. The minimum atomic E-state index is -4.45. The van der Waals surface area contributed by atoms with Crippen LogP contribution >= 0.6 is 0 Å². The van der Waals surface area contributed by atoms with E-state index in [2.05, 4.69) is 29.0 Å². The maximum atomic E-state index is 12.6. The Bertz CT molecular complexity index is 792. The molecule has 164 valence electrons. The van der Waals surface area contributed by atoms with E-state index >= 15 is 0 Å². The Hall–Kier alpha value is -2.81. The number of hydrogen-bond donors (Lipinski definition) is 1. The lowest BCUT2D eigenvalue weighted by Crippen LogP contribution is -2.40. The van der Waals surface area contributed by atoms with Crippen LogP contribution < -0.4 is 14.8 Å². The Morgan fingerprint density at radius 1 is 1.10 bits per heavy atom.